The summed E-state index contributed by atoms with van der Waals surface area (Å²) in [5.41, 5.74) is 1.30. The van der Waals surface area contributed by atoms with Gasteiger partial charge in [-0.2, -0.15) is 5.10 Å². The predicted molar refractivity (Wildman–Crippen MR) is 72.5 cm³/mol. The van der Waals surface area contributed by atoms with Gasteiger partial charge in [-0.1, -0.05) is 19.9 Å². The minimum absolute atomic E-state index is 0.438. The summed E-state index contributed by atoms with van der Waals surface area (Å²) in [7, 11) is 0. The topological polar surface area (TPSA) is 46.5 Å². The summed E-state index contributed by atoms with van der Waals surface area (Å²) in [5, 5.41) is 7.17. The fourth-order valence-electron chi connectivity index (χ4n) is 2.29. The normalized spacial score (nSPS) is 20.9. The molecule has 3 rings (SSSR count). The Bertz CT molecular complexity index is 611. The van der Waals surface area contributed by atoms with Gasteiger partial charge in [0.05, 0.1) is 0 Å². The molecule has 2 heterocycles. The highest BCUT2D eigenvalue weighted by atomic mass is 32.1. The van der Waals surface area contributed by atoms with Crippen LogP contribution in [-0.2, 0) is 6.54 Å². The van der Waals surface area contributed by atoms with Crippen LogP contribution in [0.15, 0.2) is 24.4 Å². The van der Waals surface area contributed by atoms with Crippen LogP contribution in [0.2, 0.25) is 0 Å². The van der Waals surface area contributed by atoms with E-state index >= 15 is 0 Å². The van der Waals surface area contributed by atoms with E-state index in [1.165, 1.54) is 6.42 Å². The highest BCUT2D eigenvalue weighted by Gasteiger charge is 2.45. The molecule has 1 fully saturated rings. The Morgan fingerprint density at radius 3 is 2.89 bits per heavy atom. The summed E-state index contributed by atoms with van der Waals surface area (Å²) >= 11 is 5.31. The smallest absolute Gasteiger partial charge is 0.195 e. The second-order valence-corrected chi connectivity index (χ2v) is 5.95. The fraction of sp³-hybridized carbons (Fsp3) is 0.462. The van der Waals surface area contributed by atoms with Crippen LogP contribution in [0.1, 0.15) is 20.3 Å². The highest BCUT2D eigenvalue weighted by molar-refractivity contribution is 7.71. The average molecular weight is 260 g/mol. The molecule has 5 heteroatoms. The lowest BCUT2D eigenvalue weighted by molar-refractivity contribution is 0.497. The Hall–Kier alpha value is -1.49. The second-order valence-electron chi connectivity index (χ2n) is 5.57. The summed E-state index contributed by atoms with van der Waals surface area (Å²) in [6.45, 7) is 5.51. The molecule has 1 saturated carbocycles. The first kappa shape index (κ1) is 11.6. The van der Waals surface area contributed by atoms with E-state index in [-0.39, 0.29) is 0 Å². The van der Waals surface area contributed by atoms with Gasteiger partial charge < -0.3 is 0 Å². The lowest BCUT2D eigenvalue weighted by atomic mass is 10.1. The number of aromatic nitrogens is 4. The lowest BCUT2D eigenvalue weighted by Gasteiger charge is -2.07. The van der Waals surface area contributed by atoms with Crippen LogP contribution in [0.4, 0.5) is 0 Å². The van der Waals surface area contributed by atoms with Gasteiger partial charge in [-0.3, -0.25) is 14.6 Å². The second kappa shape index (κ2) is 4.02. The first-order chi connectivity index (χ1) is 8.58. The molecule has 0 radical (unpaired) electrons. The van der Waals surface area contributed by atoms with Crippen LogP contribution < -0.4 is 0 Å². The SMILES string of the molecule is CC1(C)CC1Cn1c(-c2ccccn2)n[nH]c1=S. The third-order valence-electron chi connectivity index (χ3n) is 3.77. The lowest BCUT2D eigenvalue weighted by Crippen LogP contribution is -2.06. The third-order valence-corrected chi connectivity index (χ3v) is 4.08. The van der Waals surface area contributed by atoms with E-state index in [9.17, 15) is 0 Å². The van der Waals surface area contributed by atoms with E-state index in [1.807, 2.05) is 18.2 Å². The van der Waals surface area contributed by atoms with Gasteiger partial charge in [-0.25, -0.2) is 0 Å². The maximum atomic E-state index is 5.31. The van der Waals surface area contributed by atoms with Gasteiger partial charge in [0.1, 0.15) is 5.69 Å². The third kappa shape index (κ3) is 1.99. The van der Waals surface area contributed by atoms with E-state index in [1.54, 1.807) is 6.20 Å². The molecule has 4 nitrogen and oxygen atoms in total. The maximum absolute atomic E-state index is 5.31. The van der Waals surface area contributed by atoms with Gasteiger partial charge in [0, 0.05) is 12.7 Å². The maximum Gasteiger partial charge on any atom is 0.195 e. The van der Waals surface area contributed by atoms with E-state index in [0.29, 0.717) is 16.1 Å². The number of nitrogens with one attached hydrogen (secondary N) is 1. The van der Waals surface area contributed by atoms with Crippen molar-refractivity contribution in [3.05, 3.63) is 29.2 Å². The molecule has 1 atom stereocenters. The van der Waals surface area contributed by atoms with E-state index < -0.39 is 0 Å². The largest absolute Gasteiger partial charge is 0.299 e. The number of hydrogen-bond acceptors (Lipinski definition) is 3. The van der Waals surface area contributed by atoms with Gasteiger partial charge >= 0.3 is 0 Å². The summed E-state index contributed by atoms with van der Waals surface area (Å²) in [6, 6.07) is 5.82. The summed E-state index contributed by atoms with van der Waals surface area (Å²) in [4.78, 5) is 4.34. The Morgan fingerprint density at radius 2 is 2.28 bits per heavy atom. The van der Waals surface area contributed by atoms with Crippen LogP contribution in [0.3, 0.4) is 0 Å². The number of hydrogen-bond donors (Lipinski definition) is 1. The van der Waals surface area contributed by atoms with E-state index in [2.05, 4.69) is 33.6 Å². The molecule has 0 spiro atoms. The molecule has 1 N–H and O–H groups in total. The molecule has 0 amide bonds. The Kier molecular flexibility index (Phi) is 2.59. The molecule has 0 saturated heterocycles. The standard InChI is InChI=1S/C13H16N4S/c1-13(2)7-9(13)8-17-11(15-16-12(17)18)10-5-3-4-6-14-10/h3-6,9H,7-8H2,1-2H3,(H,16,18). The van der Waals surface area contributed by atoms with Crippen molar-refractivity contribution in [3.63, 3.8) is 0 Å². The Morgan fingerprint density at radius 1 is 1.50 bits per heavy atom. The Labute approximate surface area is 111 Å². The number of pyridine rings is 1. The zero-order chi connectivity index (χ0) is 12.8. The molecule has 0 aliphatic heterocycles. The van der Waals surface area contributed by atoms with Crippen LogP contribution in [-0.4, -0.2) is 19.7 Å². The van der Waals surface area contributed by atoms with Crippen molar-refractivity contribution in [2.24, 2.45) is 11.3 Å². The minimum atomic E-state index is 0.438. The Balaban J connectivity index is 1.95. The molecule has 18 heavy (non-hydrogen) atoms. The predicted octanol–water partition coefficient (Wildman–Crippen LogP) is 3.05. The number of rotatable bonds is 3. The molecule has 0 bridgehead atoms. The van der Waals surface area contributed by atoms with Crippen molar-refractivity contribution in [2.45, 2.75) is 26.8 Å². The van der Waals surface area contributed by atoms with Gasteiger partial charge in [-0.15, -0.1) is 0 Å². The summed E-state index contributed by atoms with van der Waals surface area (Å²) in [6.07, 6.45) is 3.03. The summed E-state index contributed by atoms with van der Waals surface area (Å²) < 4.78 is 2.75. The van der Waals surface area contributed by atoms with Gasteiger partial charge in [0.25, 0.3) is 0 Å². The van der Waals surface area contributed by atoms with Crippen LogP contribution in [0.5, 0.6) is 0 Å². The first-order valence-electron chi connectivity index (χ1n) is 6.14. The monoisotopic (exact) mass is 260 g/mol. The zero-order valence-corrected chi connectivity index (χ0v) is 11.4. The molecule has 1 aliphatic rings. The van der Waals surface area contributed by atoms with Crippen molar-refractivity contribution in [3.8, 4) is 11.5 Å². The van der Waals surface area contributed by atoms with Crippen molar-refractivity contribution >= 4 is 12.2 Å². The molecule has 1 unspecified atom stereocenters. The molecule has 2 aromatic rings. The molecule has 0 aromatic carbocycles. The molecular formula is C13H16N4S. The number of H-pyrrole nitrogens is 1. The summed E-state index contributed by atoms with van der Waals surface area (Å²) in [5.74, 6) is 1.52. The van der Waals surface area contributed by atoms with Gasteiger partial charge in [0.2, 0.25) is 0 Å². The number of nitrogens with zero attached hydrogens (tertiary/aromatic N) is 3. The molecular weight excluding hydrogens is 244 g/mol. The zero-order valence-electron chi connectivity index (χ0n) is 10.6. The highest BCUT2D eigenvalue weighted by Crippen LogP contribution is 2.52. The van der Waals surface area contributed by atoms with Crippen molar-refractivity contribution < 1.29 is 0 Å². The minimum Gasteiger partial charge on any atom is -0.299 e. The number of aromatic amines is 1. The van der Waals surface area contributed by atoms with E-state index in [4.69, 9.17) is 12.2 Å². The van der Waals surface area contributed by atoms with Gasteiger partial charge in [-0.05, 0) is 42.1 Å². The van der Waals surface area contributed by atoms with Crippen molar-refractivity contribution in [2.75, 3.05) is 0 Å². The molecule has 2 aromatic heterocycles. The molecule has 94 valence electrons. The van der Waals surface area contributed by atoms with Crippen molar-refractivity contribution in [1.82, 2.24) is 19.7 Å². The van der Waals surface area contributed by atoms with Crippen LogP contribution >= 0.6 is 12.2 Å². The quantitative estimate of drug-likeness (QED) is 0.863. The first-order valence-corrected chi connectivity index (χ1v) is 6.55. The fourth-order valence-corrected chi connectivity index (χ4v) is 2.49. The molecule has 1 aliphatic carbocycles. The van der Waals surface area contributed by atoms with Crippen molar-refractivity contribution in [1.29, 1.82) is 0 Å². The average Bonchev–Trinajstić information content (AvgIpc) is 2.78. The van der Waals surface area contributed by atoms with Gasteiger partial charge in [0.15, 0.2) is 10.6 Å². The van der Waals surface area contributed by atoms with Crippen LogP contribution in [0, 0.1) is 16.1 Å². The van der Waals surface area contributed by atoms with Crippen LogP contribution in [0.25, 0.3) is 11.5 Å². The van der Waals surface area contributed by atoms with E-state index in [0.717, 1.165) is 18.1 Å².